The van der Waals surface area contributed by atoms with Gasteiger partial charge in [-0.1, -0.05) is 12.1 Å². The van der Waals surface area contributed by atoms with Crippen LogP contribution in [0.2, 0.25) is 0 Å². The first-order valence-electron chi connectivity index (χ1n) is 11.9. The highest BCUT2D eigenvalue weighted by Crippen LogP contribution is 2.32. The van der Waals surface area contributed by atoms with Crippen molar-refractivity contribution in [3.05, 3.63) is 70.4 Å². The third kappa shape index (κ3) is 5.68. The van der Waals surface area contributed by atoms with Gasteiger partial charge in [-0.3, -0.25) is 20.0 Å². The van der Waals surface area contributed by atoms with Crippen LogP contribution in [0.15, 0.2) is 63.7 Å². The Balaban J connectivity index is 1.59. The molecule has 0 fully saturated rings. The van der Waals surface area contributed by atoms with Crippen molar-refractivity contribution in [1.29, 1.82) is 5.26 Å². The number of rotatable bonds is 7. The molecule has 190 valence electrons. The van der Waals surface area contributed by atoms with E-state index in [1.54, 1.807) is 49.8 Å². The molecule has 2 aliphatic heterocycles. The Kier molecular flexibility index (Phi) is 7.65. The Morgan fingerprint density at radius 1 is 1.30 bits per heavy atom. The molecule has 2 heterocycles. The molecule has 2 atom stereocenters. The predicted molar refractivity (Wildman–Crippen MR) is 141 cm³/mol. The van der Waals surface area contributed by atoms with Crippen molar-refractivity contribution in [3.8, 4) is 6.07 Å². The number of amidine groups is 1. The maximum absolute atomic E-state index is 12.9. The monoisotopic (exact) mass is 499 g/mol. The highest BCUT2D eigenvalue weighted by molar-refractivity contribution is 6.07. The van der Waals surface area contributed by atoms with Crippen molar-refractivity contribution >= 4 is 35.4 Å². The number of benzene rings is 2. The van der Waals surface area contributed by atoms with Gasteiger partial charge in [-0.2, -0.15) is 5.26 Å². The van der Waals surface area contributed by atoms with Crippen LogP contribution in [-0.4, -0.2) is 55.3 Å². The third-order valence-corrected chi connectivity index (χ3v) is 6.21. The molecule has 10 heteroatoms. The largest absolute Gasteiger partial charge is 0.383 e. The number of aryl methyl sites for hydroxylation is 1. The van der Waals surface area contributed by atoms with Gasteiger partial charge in [-0.15, -0.1) is 0 Å². The summed E-state index contributed by atoms with van der Waals surface area (Å²) in [6, 6.07) is 13.9. The first kappa shape index (κ1) is 25.6. The second-order valence-corrected chi connectivity index (χ2v) is 9.03. The summed E-state index contributed by atoms with van der Waals surface area (Å²) in [7, 11) is 1.60. The van der Waals surface area contributed by atoms with Crippen LogP contribution in [0.25, 0.3) is 0 Å². The average Bonchev–Trinajstić information content (AvgIpc) is 3.23. The maximum atomic E-state index is 12.9. The van der Waals surface area contributed by atoms with Crippen LogP contribution in [0.3, 0.4) is 0 Å². The van der Waals surface area contributed by atoms with Crippen LogP contribution in [0.1, 0.15) is 35.3 Å². The van der Waals surface area contributed by atoms with E-state index in [-0.39, 0.29) is 23.8 Å². The van der Waals surface area contributed by atoms with Gasteiger partial charge in [0.25, 0.3) is 5.91 Å². The van der Waals surface area contributed by atoms with Crippen molar-refractivity contribution in [2.45, 2.75) is 26.8 Å². The zero-order valence-electron chi connectivity index (χ0n) is 21.2. The van der Waals surface area contributed by atoms with E-state index in [0.29, 0.717) is 41.5 Å². The average molecular weight is 500 g/mol. The van der Waals surface area contributed by atoms with E-state index in [1.165, 1.54) is 0 Å². The van der Waals surface area contributed by atoms with Gasteiger partial charge in [0.15, 0.2) is 5.84 Å². The second-order valence-electron chi connectivity index (χ2n) is 9.03. The van der Waals surface area contributed by atoms with Crippen LogP contribution < -0.4 is 16.1 Å². The number of anilines is 1. The highest BCUT2D eigenvalue weighted by Gasteiger charge is 2.37. The van der Waals surface area contributed by atoms with Gasteiger partial charge in [-0.05, 0) is 62.2 Å². The number of nitrogens with zero attached hydrogens (tertiary/aromatic N) is 4. The predicted octanol–water partition coefficient (Wildman–Crippen LogP) is 3.05. The van der Waals surface area contributed by atoms with Gasteiger partial charge < -0.3 is 15.4 Å². The van der Waals surface area contributed by atoms with Gasteiger partial charge in [0.1, 0.15) is 12.0 Å². The van der Waals surface area contributed by atoms with Crippen molar-refractivity contribution in [1.82, 2.24) is 15.8 Å². The summed E-state index contributed by atoms with van der Waals surface area (Å²) in [6.07, 6.45) is 1.55. The lowest BCUT2D eigenvalue weighted by molar-refractivity contribution is -0.124. The summed E-state index contributed by atoms with van der Waals surface area (Å²) in [5.41, 5.74) is 7.61. The summed E-state index contributed by atoms with van der Waals surface area (Å²) in [5, 5.41) is 16.8. The molecule has 2 aliphatic rings. The maximum Gasteiger partial charge on any atom is 0.255 e. The number of aliphatic imine (C=N–C) groups is 2. The molecule has 4 rings (SSSR count). The molecule has 0 aliphatic carbocycles. The van der Waals surface area contributed by atoms with Crippen molar-refractivity contribution < 1.29 is 14.3 Å². The normalized spacial score (nSPS) is 18.2. The van der Waals surface area contributed by atoms with E-state index in [9.17, 15) is 9.59 Å². The van der Waals surface area contributed by atoms with E-state index in [2.05, 4.69) is 21.1 Å². The molecule has 0 bridgehead atoms. The first-order chi connectivity index (χ1) is 17.8. The standard InChI is InChI=1S/C27H29N7O3/c1-16-8-9-21(32-26(35)20-7-5-6-19(10-20)12-28)11-23(16)33-25-24-18(3)22(13-34(24)30-15-29-25)27(36)31-17(2)14-37-4/h5-11,15,17,22H,13-14H2,1-4H3,(H,31,36)(H,32,35)(H,29,30,33)/t17-,22?/m0/s1. The van der Waals surface area contributed by atoms with E-state index < -0.39 is 0 Å². The SMILES string of the molecule is COC[C@H](C)NC(=O)C1CN2NC=NC(=Nc3cc(NC(=O)c4cccc(C#N)c4)ccc3C)C2=C1C. The molecule has 3 N–H and O–H groups in total. The third-order valence-electron chi connectivity index (χ3n) is 6.21. The molecule has 1 unspecified atom stereocenters. The van der Waals surface area contributed by atoms with Gasteiger partial charge in [0, 0.05) is 24.4 Å². The fourth-order valence-electron chi connectivity index (χ4n) is 4.28. The Morgan fingerprint density at radius 3 is 2.86 bits per heavy atom. The molecule has 2 aromatic rings. The lowest BCUT2D eigenvalue weighted by atomic mass is 10.0. The van der Waals surface area contributed by atoms with Gasteiger partial charge in [0.05, 0.1) is 36.4 Å². The number of hydrogen-bond acceptors (Lipinski definition) is 7. The molecule has 10 nitrogen and oxygen atoms in total. The van der Waals surface area contributed by atoms with Gasteiger partial charge in [0.2, 0.25) is 5.91 Å². The first-order valence-corrected chi connectivity index (χ1v) is 11.9. The van der Waals surface area contributed by atoms with Crippen molar-refractivity contribution in [2.24, 2.45) is 15.9 Å². The number of methoxy groups -OCH3 is 1. The van der Waals surface area contributed by atoms with Crippen LogP contribution in [-0.2, 0) is 9.53 Å². The van der Waals surface area contributed by atoms with Crippen molar-refractivity contribution in [3.63, 3.8) is 0 Å². The van der Waals surface area contributed by atoms with E-state index in [1.807, 2.05) is 37.9 Å². The summed E-state index contributed by atoms with van der Waals surface area (Å²) < 4.78 is 5.12. The number of hydrazine groups is 1. The number of nitrogens with one attached hydrogen (secondary N) is 3. The van der Waals surface area contributed by atoms with Gasteiger partial charge >= 0.3 is 0 Å². The molecule has 0 saturated carbocycles. The molecule has 0 spiro atoms. The van der Waals surface area contributed by atoms with E-state index in [4.69, 9.17) is 15.0 Å². The van der Waals surface area contributed by atoms with Crippen LogP contribution >= 0.6 is 0 Å². The summed E-state index contributed by atoms with van der Waals surface area (Å²) in [6.45, 7) is 6.62. The van der Waals surface area contributed by atoms with Crippen LogP contribution in [0.5, 0.6) is 0 Å². The smallest absolute Gasteiger partial charge is 0.255 e. The number of amides is 2. The molecule has 0 radical (unpaired) electrons. The Bertz CT molecular complexity index is 1360. The quantitative estimate of drug-likeness (QED) is 0.537. The number of hydrogen-bond donors (Lipinski definition) is 3. The molecule has 2 aromatic carbocycles. The summed E-state index contributed by atoms with van der Waals surface area (Å²) in [5.74, 6) is -0.280. The zero-order chi connectivity index (χ0) is 26.5. The van der Waals surface area contributed by atoms with Gasteiger partial charge in [-0.25, -0.2) is 9.98 Å². The molecular weight excluding hydrogens is 470 g/mol. The van der Waals surface area contributed by atoms with E-state index in [0.717, 1.165) is 16.8 Å². The minimum absolute atomic E-state index is 0.0774. The number of carbonyl (C=O) groups is 2. The Morgan fingerprint density at radius 2 is 2.11 bits per heavy atom. The number of carbonyl (C=O) groups excluding carboxylic acids is 2. The summed E-state index contributed by atoms with van der Waals surface area (Å²) in [4.78, 5) is 34.9. The molecular formula is C27H29N7O3. The Hall–Kier alpha value is -4.49. The number of ether oxygens (including phenoxy) is 1. The number of fused-ring (bicyclic) bond motifs is 1. The second kappa shape index (κ2) is 11.1. The fraction of sp³-hybridized carbons (Fsp3) is 0.296. The minimum Gasteiger partial charge on any atom is -0.383 e. The lowest BCUT2D eigenvalue weighted by Crippen LogP contribution is -2.44. The van der Waals surface area contributed by atoms with Crippen LogP contribution in [0, 0.1) is 24.2 Å². The summed E-state index contributed by atoms with van der Waals surface area (Å²) >= 11 is 0. The zero-order valence-corrected chi connectivity index (χ0v) is 21.2. The Labute approximate surface area is 215 Å². The van der Waals surface area contributed by atoms with Crippen molar-refractivity contribution in [2.75, 3.05) is 25.6 Å². The minimum atomic E-state index is -0.357. The molecule has 0 saturated heterocycles. The number of nitriles is 1. The molecule has 0 aromatic heterocycles. The fourth-order valence-corrected chi connectivity index (χ4v) is 4.28. The molecule has 37 heavy (non-hydrogen) atoms. The topological polar surface area (TPSA) is 131 Å². The van der Waals surface area contributed by atoms with E-state index >= 15 is 0 Å². The lowest BCUT2D eigenvalue weighted by Gasteiger charge is -2.25. The van der Waals surface area contributed by atoms with Crippen LogP contribution in [0.4, 0.5) is 11.4 Å². The highest BCUT2D eigenvalue weighted by atomic mass is 16.5. The molecule has 2 amide bonds.